The van der Waals surface area contributed by atoms with Crippen LogP contribution >= 0.6 is 11.6 Å². The molecule has 0 N–H and O–H groups in total. The highest BCUT2D eigenvalue weighted by Gasteiger charge is 2.17. The lowest BCUT2D eigenvalue weighted by Gasteiger charge is -2.08. The number of carbonyl (C=O) groups excluding carboxylic acids is 1. The maximum atomic E-state index is 13.2. The number of ether oxygens (including phenoxy) is 1. The van der Waals surface area contributed by atoms with Crippen molar-refractivity contribution in [3.05, 3.63) is 45.2 Å². The van der Waals surface area contributed by atoms with Gasteiger partial charge in [0.25, 0.3) is 0 Å². The molecule has 0 aliphatic carbocycles. The van der Waals surface area contributed by atoms with E-state index in [0.29, 0.717) is 0 Å². The van der Waals surface area contributed by atoms with Crippen molar-refractivity contribution in [3.8, 4) is 0 Å². The molecule has 19 heavy (non-hydrogen) atoms. The van der Waals surface area contributed by atoms with E-state index in [1.54, 1.807) is 0 Å². The van der Waals surface area contributed by atoms with E-state index in [2.05, 4.69) is 19.7 Å². The molecule has 0 unspecified atom stereocenters. The number of pyridine rings is 1. The number of methoxy groups -OCH3 is 1. The van der Waals surface area contributed by atoms with Crippen molar-refractivity contribution in [1.29, 1.82) is 0 Å². The van der Waals surface area contributed by atoms with Gasteiger partial charge in [-0.1, -0.05) is 16.7 Å². The maximum Gasteiger partial charge on any atom is 0.339 e. The van der Waals surface area contributed by atoms with Gasteiger partial charge in [-0.25, -0.2) is 9.18 Å². The topological polar surface area (TPSA) is 88.0 Å². The molecule has 6 nitrogen and oxygen atoms in total. The van der Waals surface area contributed by atoms with Gasteiger partial charge in [0.15, 0.2) is 0 Å². The second kappa shape index (κ2) is 5.09. The zero-order chi connectivity index (χ0) is 14.0. The van der Waals surface area contributed by atoms with Gasteiger partial charge in [-0.05, 0) is 11.6 Å². The van der Waals surface area contributed by atoms with Gasteiger partial charge < -0.3 is 4.74 Å². The molecule has 0 aliphatic heterocycles. The quantitative estimate of drug-likeness (QED) is 0.363. The fourth-order valence-corrected chi connectivity index (χ4v) is 1.92. The van der Waals surface area contributed by atoms with Crippen LogP contribution in [0, 0.1) is 5.82 Å². The fourth-order valence-electron chi connectivity index (χ4n) is 1.63. The Morgan fingerprint density at radius 2 is 2.32 bits per heavy atom. The third kappa shape index (κ3) is 2.29. The SMILES string of the molecule is COC(=O)c1cnc2cc(F)cc(Cl)c2c1N=[N+]=[N-]. The third-order valence-corrected chi connectivity index (χ3v) is 2.71. The molecular formula is C11H6ClFN4O2. The largest absolute Gasteiger partial charge is 0.465 e. The number of rotatable bonds is 2. The van der Waals surface area contributed by atoms with E-state index in [9.17, 15) is 9.18 Å². The molecule has 0 amide bonds. The number of fused-ring (bicyclic) bond motifs is 1. The van der Waals surface area contributed by atoms with Crippen LogP contribution in [0.3, 0.4) is 0 Å². The third-order valence-electron chi connectivity index (χ3n) is 2.41. The summed E-state index contributed by atoms with van der Waals surface area (Å²) >= 11 is 5.91. The number of nitrogens with zero attached hydrogens (tertiary/aromatic N) is 4. The first-order valence-electron chi connectivity index (χ1n) is 4.99. The minimum Gasteiger partial charge on any atom is -0.465 e. The lowest BCUT2D eigenvalue weighted by atomic mass is 10.1. The Bertz CT molecular complexity index is 728. The smallest absolute Gasteiger partial charge is 0.339 e. The Balaban J connectivity index is 2.91. The van der Waals surface area contributed by atoms with Crippen LogP contribution in [-0.2, 0) is 4.74 Å². The first kappa shape index (κ1) is 13.1. The van der Waals surface area contributed by atoms with Gasteiger partial charge in [0.2, 0.25) is 0 Å². The Labute approximate surface area is 111 Å². The van der Waals surface area contributed by atoms with Gasteiger partial charge in [0.1, 0.15) is 5.82 Å². The highest BCUT2D eigenvalue weighted by atomic mass is 35.5. The lowest BCUT2D eigenvalue weighted by Crippen LogP contribution is -2.03. The predicted octanol–water partition coefficient (Wildman–Crippen LogP) is 3.76. The number of esters is 1. The Morgan fingerprint density at radius 1 is 1.58 bits per heavy atom. The van der Waals surface area contributed by atoms with E-state index >= 15 is 0 Å². The number of azide groups is 1. The van der Waals surface area contributed by atoms with Crippen molar-refractivity contribution < 1.29 is 13.9 Å². The standard InChI is InChI=1S/C11H6ClFN4O2/c1-19-11(18)6-4-15-8-3-5(13)2-7(12)9(8)10(6)16-17-14/h2-4H,1H3. The Hall–Kier alpha value is -2.37. The van der Waals surface area contributed by atoms with Crippen LogP contribution in [0.1, 0.15) is 10.4 Å². The second-order valence-corrected chi connectivity index (χ2v) is 3.89. The zero-order valence-corrected chi connectivity index (χ0v) is 10.3. The van der Waals surface area contributed by atoms with E-state index in [1.807, 2.05) is 0 Å². The molecule has 8 heteroatoms. The van der Waals surface area contributed by atoms with Crippen molar-refractivity contribution in [2.45, 2.75) is 0 Å². The molecule has 2 aromatic rings. The molecule has 1 aromatic carbocycles. The summed E-state index contributed by atoms with van der Waals surface area (Å²) < 4.78 is 17.8. The fraction of sp³-hybridized carbons (Fsp3) is 0.0909. The van der Waals surface area contributed by atoms with Crippen LogP contribution in [0.2, 0.25) is 5.02 Å². The number of carbonyl (C=O) groups is 1. The number of aromatic nitrogens is 1. The molecule has 1 aromatic heterocycles. The minimum atomic E-state index is -0.725. The van der Waals surface area contributed by atoms with Gasteiger partial charge in [-0.3, -0.25) is 4.98 Å². The van der Waals surface area contributed by atoms with Gasteiger partial charge in [-0.2, -0.15) is 0 Å². The van der Waals surface area contributed by atoms with E-state index in [1.165, 1.54) is 7.11 Å². The number of halogens is 2. The van der Waals surface area contributed by atoms with Crippen LogP contribution < -0.4 is 0 Å². The number of hydrogen-bond donors (Lipinski definition) is 0. The van der Waals surface area contributed by atoms with Gasteiger partial charge in [-0.15, -0.1) is 0 Å². The molecule has 0 fully saturated rings. The van der Waals surface area contributed by atoms with Crippen LogP contribution in [0.4, 0.5) is 10.1 Å². The average molecular weight is 281 g/mol. The van der Waals surface area contributed by atoms with Crippen molar-refractivity contribution in [2.75, 3.05) is 7.11 Å². The summed E-state index contributed by atoms with van der Waals surface area (Å²) in [7, 11) is 1.18. The maximum absolute atomic E-state index is 13.2. The molecule has 0 atom stereocenters. The first-order valence-corrected chi connectivity index (χ1v) is 5.37. The van der Waals surface area contributed by atoms with E-state index < -0.39 is 11.8 Å². The van der Waals surface area contributed by atoms with Crippen molar-refractivity contribution in [1.82, 2.24) is 4.98 Å². The highest BCUT2D eigenvalue weighted by Crippen LogP contribution is 2.35. The second-order valence-electron chi connectivity index (χ2n) is 3.48. The summed E-state index contributed by atoms with van der Waals surface area (Å²) in [6, 6.07) is 2.17. The Kier molecular flexibility index (Phi) is 3.50. The van der Waals surface area contributed by atoms with Gasteiger partial charge >= 0.3 is 5.97 Å². The molecule has 0 saturated heterocycles. The lowest BCUT2D eigenvalue weighted by molar-refractivity contribution is 0.0601. The van der Waals surface area contributed by atoms with Gasteiger partial charge in [0.05, 0.1) is 28.9 Å². The van der Waals surface area contributed by atoms with Crippen LogP contribution in [0.15, 0.2) is 23.4 Å². The summed E-state index contributed by atoms with van der Waals surface area (Å²) in [4.78, 5) is 18.1. The molecule has 0 radical (unpaired) electrons. The van der Waals surface area contributed by atoms with Crippen molar-refractivity contribution in [2.24, 2.45) is 5.11 Å². The minimum absolute atomic E-state index is 0.00402. The van der Waals surface area contributed by atoms with Crippen LogP contribution in [-0.4, -0.2) is 18.1 Å². The van der Waals surface area contributed by atoms with E-state index in [-0.39, 0.29) is 27.2 Å². The monoisotopic (exact) mass is 280 g/mol. The average Bonchev–Trinajstić information content (AvgIpc) is 2.37. The number of hydrogen-bond acceptors (Lipinski definition) is 4. The molecule has 0 aliphatic rings. The molecule has 0 saturated carbocycles. The summed E-state index contributed by atoms with van der Waals surface area (Å²) in [6.45, 7) is 0. The normalized spacial score (nSPS) is 10.1. The van der Waals surface area contributed by atoms with Gasteiger partial charge in [0, 0.05) is 22.6 Å². The molecular weight excluding hydrogens is 275 g/mol. The summed E-state index contributed by atoms with van der Waals surface area (Å²) in [5.74, 6) is -1.31. The molecule has 96 valence electrons. The van der Waals surface area contributed by atoms with Crippen molar-refractivity contribution in [3.63, 3.8) is 0 Å². The summed E-state index contributed by atoms with van der Waals surface area (Å²) in [6.07, 6.45) is 1.15. The first-order chi connectivity index (χ1) is 9.08. The molecule has 2 rings (SSSR count). The van der Waals surface area contributed by atoms with Crippen molar-refractivity contribution >= 4 is 34.2 Å². The molecule has 1 heterocycles. The van der Waals surface area contributed by atoms with E-state index in [0.717, 1.165) is 18.3 Å². The Morgan fingerprint density at radius 3 is 2.95 bits per heavy atom. The summed E-state index contributed by atoms with van der Waals surface area (Å²) in [5.41, 5.74) is 8.67. The predicted molar refractivity (Wildman–Crippen MR) is 66.9 cm³/mol. The highest BCUT2D eigenvalue weighted by molar-refractivity contribution is 6.36. The number of benzene rings is 1. The molecule has 0 spiro atoms. The molecule has 0 bridgehead atoms. The van der Waals surface area contributed by atoms with Crippen LogP contribution in [0.25, 0.3) is 21.3 Å². The zero-order valence-electron chi connectivity index (χ0n) is 9.59. The van der Waals surface area contributed by atoms with E-state index in [4.69, 9.17) is 17.1 Å². The summed E-state index contributed by atoms with van der Waals surface area (Å²) in [5, 5.41) is 3.62. The van der Waals surface area contributed by atoms with Crippen LogP contribution in [0.5, 0.6) is 0 Å².